The number of rotatable bonds is 7. The third-order valence-electron chi connectivity index (χ3n) is 9.51. The summed E-state index contributed by atoms with van der Waals surface area (Å²) >= 11 is 0. The van der Waals surface area contributed by atoms with Crippen molar-refractivity contribution in [2.45, 2.75) is 77.2 Å². The molecule has 1 unspecified atom stereocenters. The summed E-state index contributed by atoms with van der Waals surface area (Å²) in [6.45, 7) is 9.29. The Bertz CT molecular complexity index is 1380. The smallest absolute Gasteiger partial charge is 0.133 e. The molecule has 2 saturated heterocycles. The van der Waals surface area contributed by atoms with Crippen LogP contribution in [0.3, 0.4) is 0 Å². The Balaban J connectivity index is 1.29. The Morgan fingerprint density at radius 1 is 0.953 bits per heavy atom. The van der Waals surface area contributed by atoms with Gasteiger partial charge in [0.2, 0.25) is 0 Å². The van der Waals surface area contributed by atoms with Crippen molar-refractivity contribution in [2.75, 3.05) is 37.6 Å². The zero-order chi connectivity index (χ0) is 30.2. The molecule has 3 aliphatic rings. The van der Waals surface area contributed by atoms with E-state index in [2.05, 4.69) is 10.2 Å². The lowest BCUT2D eigenvalue weighted by Gasteiger charge is -2.53. The zero-order valence-corrected chi connectivity index (χ0v) is 25.6. The van der Waals surface area contributed by atoms with Gasteiger partial charge in [0.1, 0.15) is 29.7 Å². The normalized spacial score (nSPS) is 22.4. The molecule has 2 fully saturated rings. The van der Waals surface area contributed by atoms with Crippen LogP contribution < -0.4 is 15.0 Å². The van der Waals surface area contributed by atoms with E-state index < -0.39 is 23.3 Å². The van der Waals surface area contributed by atoms with E-state index in [1.807, 2.05) is 60.4 Å². The summed E-state index contributed by atoms with van der Waals surface area (Å²) in [6.07, 6.45) is 5.18. The van der Waals surface area contributed by atoms with Gasteiger partial charge in [0.25, 0.3) is 0 Å². The van der Waals surface area contributed by atoms with Gasteiger partial charge in [0, 0.05) is 42.3 Å². The standard InChI is InChI=1S/C36H44F3N3O/c1-25-17-27-18-29(43-21-26-9-5-4-6-10-26)11-12-30(27)34(42(25)22-35(2,3)39)33-31(37)19-28(20-32(33)38)41-23-36(24-41)13-7-15-40-16-8-14-36/h4-6,9-12,18-20,25,34,40H,7-8,13-17,21-24H2,1-3H3/t25-,34?/m1/s1. The number of hydrogen-bond donors (Lipinski definition) is 1. The Kier molecular flexibility index (Phi) is 8.49. The highest BCUT2D eigenvalue weighted by Gasteiger charge is 2.44. The average Bonchev–Trinajstić information content (AvgIpc) is 2.92. The molecule has 1 N–H and O–H groups in total. The molecule has 0 saturated carbocycles. The highest BCUT2D eigenvalue weighted by atomic mass is 19.1. The molecule has 2 atom stereocenters. The topological polar surface area (TPSA) is 27.7 Å². The Morgan fingerprint density at radius 2 is 1.63 bits per heavy atom. The van der Waals surface area contributed by atoms with Crippen LogP contribution in [0.5, 0.6) is 5.75 Å². The number of ether oxygens (including phenoxy) is 1. The number of benzene rings is 3. The second-order valence-electron chi connectivity index (χ2n) is 13.6. The Hall–Kier alpha value is -3.03. The maximum Gasteiger partial charge on any atom is 0.133 e. The lowest BCUT2D eigenvalue weighted by molar-refractivity contribution is 0.0651. The summed E-state index contributed by atoms with van der Waals surface area (Å²) in [5.74, 6) is -0.441. The number of hydrogen-bond acceptors (Lipinski definition) is 4. The lowest BCUT2D eigenvalue weighted by Crippen LogP contribution is -2.57. The maximum absolute atomic E-state index is 16.2. The molecule has 4 nitrogen and oxygen atoms in total. The van der Waals surface area contributed by atoms with E-state index in [-0.39, 0.29) is 23.6 Å². The molecule has 0 amide bonds. The van der Waals surface area contributed by atoms with Gasteiger partial charge in [-0.05, 0) is 107 Å². The minimum Gasteiger partial charge on any atom is -0.489 e. The number of anilines is 1. The van der Waals surface area contributed by atoms with Crippen LogP contribution in [0, 0.1) is 17.0 Å². The second-order valence-corrected chi connectivity index (χ2v) is 13.6. The number of nitrogens with zero attached hydrogens (tertiary/aromatic N) is 2. The monoisotopic (exact) mass is 591 g/mol. The van der Waals surface area contributed by atoms with Crippen molar-refractivity contribution in [2.24, 2.45) is 5.41 Å². The minimum atomic E-state index is -1.53. The van der Waals surface area contributed by atoms with Crippen LogP contribution in [-0.4, -0.2) is 49.3 Å². The molecule has 7 heteroatoms. The van der Waals surface area contributed by atoms with Gasteiger partial charge in [-0.3, -0.25) is 4.90 Å². The van der Waals surface area contributed by atoms with Gasteiger partial charge in [0.05, 0.1) is 6.04 Å². The van der Waals surface area contributed by atoms with Crippen LogP contribution in [0.1, 0.15) is 74.8 Å². The molecular formula is C36H44F3N3O. The maximum atomic E-state index is 16.2. The molecule has 6 rings (SSSR count). The fraction of sp³-hybridized carbons (Fsp3) is 0.500. The van der Waals surface area contributed by atoms with Gasteiger partial charge in [0.15, 0.2) is 0 Å². The average molecular weight is 592 g/mol. The van der Waals surface area contributed by atoms with E-state index in [1.165, 1.54) is 26.0 Å². The van der Waals surface area contributed by atoms with Crippen molar-refractivity contribution < 1.29 is 17.9 Å². The van der Waals surface area contributed by atoms with Crippen LogP contribution in [0.2, 0.25) is 0 Å². The van der Waals surface area contributed by atoms with Crippen LogP contribution in [0.15, 0.2) is 60.7 Å². The van der Waals surface area contributed by atoms with Crippen LogP contribution in [-0.2, 0) is 13.0 Å². The van der Waals surface area contributed by atoms with E-state index in [0.29, 0.717) is 24.5 Å². The summed E-state index contributed by atoms with van der Waals surface area (Å²) in [7, 11) is 0. The molecule has 43 heavy (non-hydrogen) atoms. The van der Waals surface area contributed by atoms with Gasteiger partial charge in [-0.1, -0.05) is 36.4 Å². The summed E-state index contributed by atoms with van der Waals surface area (Å²) in [6, 6.07) is 17.8. The number of nitrogens with one attached hydrogen (secondary N) is 1. The first-order valence-corrected chi connectivity index (χ1v) is 15.8. The number of alkyl halides is 1. The first kappa shape index (κ1) is 30.0. The molecule has 3 heterocycles. The third-order valence-corrected chi connectivity index (χ3v) is 9.51. The summed E-state index contributed by atoms with van der Waals surface area (Å²) < 4.78 is 53.5. The lowest BCUT2D eigenvalue weighted by atomic mass is 9.71. The molecule has 0 bridgehead atoms. The number of halogens is 3. The van der Waals surface area contributed by atoms with E-state index in [9.17, 15) is 0 Å². The van der Waals surface area contributed by atoms with Gasteiger partial charge in [-0.15, -0.1) is 0 Å². The quantitative estimate of drug-likeness (QED) is 0.306. The number of fused-ring (bicyclic) bond motifs is 1. The third kappa shape index (κ3) is 6.58. The molecule has 1 spiro atoms. The van der Waals surface area contributed by atoms with Crippen molar-refractivity contribution in [3.05, 3.63) is 94.6 Å². The first-order chi connectivity index (χ1) is 20.6. The van der Waals surface area contributed by atoms with Crippen molar-refractivity contribution in [3.63, 3.8) is 0 Å². The van der Waals surface area contributed by atoms with Crippen LogP contribution in [0.25, 0.3) is 0 Å². The van der Waals surface area contributed by atoms with E-state index in [0.717, 1.165) is 68.6 Å². The summed E-state index contributed by atoms with van der Waals surface area (Å²) in [5.41, 5.74) is 2.13. The molecule has 3 aromatic rings. The van der Waals surface area contributed by atoms with Crippen molar-refractivity contribution in [1.29, 1.82) is 0 Å². The molecule has 0 aromatic heterocycles. The zero-order valence-electron chi connectivity index (χ0n) is 25.6. The molecule has 3 aliphatic heterocycles. The SMILES string of the molecule is C[C@@H]1Cc2cc(OCc3ccccc3)ccc2C(c2c(F)cc(N3CC4(CCCNCCC4)C3)cc2F)N1CC(C)(C)F. The Morgan fingerprint density at radius 3 is 2.28 bits per heavy atom. The largest absolute Gasteiger partial charge is 0.489 e. The summed E-state index contributed by atoms with van der Waals surface area (Å²) in [4.78, 5) is 4.04. The minimum absolute atomic E-state index is 0.00832. The van der Waals surface area contributed by atoms with Crippen molar-refractivity contribution >= 4 is 5.69 Å². The molecule has 230 valence electrons. The highest BCUT2D eigenvalue weighted by Crippen LogP contribution is 2.46. The van der Waals surface area contributed by atoms with Gasteiger partial charge >= 0.3 is 0 Å². The fourth-order valence-corrected chi connectivity index (χ4v) is 7.43. The van der Waals surface area contributed by atoms with Crippen LogP contribution >= 0.6 is 0 Å². The van der Waals surface area contributed by atoms with E-state index in [4.69, 9.17) is 4.74 Å². The first-order valence-electron chi connectivity index (χ1n) is 15.8. The van der Waals surface area contributed by atoms with Gasteiger partial charge in [-0.2, -0.15) is 0 Å². The second kappa shape index (κ2) is 12.2. The van der Waals surface area contributed by atoms with Crippen molar-refractivity contribution in [3.8, 4) is 5.75 Å². The Labute approximate surface area is 254 Å². The fourth-order valence-electron chi connectivity index (χ4n) is 7.43. The molecule has 3 aromatic carbocycles. The van der Waals surface area contributed by atoms with Crippen molar-refractivity contribution in [1.82, 2.24) is 10.2 Å². The molecule has 0 radical (unpaired) electrons. The van der Waals surface area contributed by atoms with Crippen LogP contribution in [0.4, 0.5) is 18.9 Å². The predicted molar refractivity (Wildman–Crippen MR) is 166 cm³/mol. The summed E-state index contributed by atoms with van der Waals surface area (Å²) in [5, 5.41) is 3.46. The van der Waals surface area contributed by atoms with Gasteiger partial charge < -0.3 is 15.0 Å². The highest BCUT2D eigenvalue weighted by molar-refractivity contribution is 5.54. The van der Waals surface area contributed by atoms with E-state index in [1.54, 1.807) is 0 Å². The van der Waals surface area contributed by atoms with E-state index >= 15 is 13.2 Å². The predicted octanol–water partition coefficient (Wildman–Crippen LogP) is 7.60. The van der Waals surface area contributed by atoms with Gasteiger partial charge in [-0.25, -0.2) is 13.2 Å². The molecular weight excluding hydrogens is 547 g/mol. The molecule has 0 aliphatic carbocycles.